The van der Waals surface area contributed by atoms with Crippen LogP contribution < -0.4 is 20.9 Å². The van der Waals surface area contributed by atoms with Gasteiger partial charge in [-0.2, -0.15) is 4.72 Å². The van der Waals surface area contributed by atoms with Crippen LogP contribution in [0.4, 0.5) is 0 Å². The van der Waals surface area contributed by atoms with Crippen molar-refractivity contribution in [3.8, 4) is 5.75 Å². The first-order chi connectivity index (χ1) is 16.0. The lowest BCUT2D eigenvalue weighted by atomic mass is 10.1. The molecule has 0 amide bonds. The van der Waals surface area contributed by atoms with E-state index in [1.807, 2.05) is 0 Å². The maximum absolute atomic E-state index is 13.0. The zero-order valence-electron chi connectivity index (χ0n) is 18.3. The number of hydrogen-bond acceptors (Lipinski definition) is 6. The van der Waals surface area contributed by atoms with Crippen LogP contribution in [0.3, 0.4) is 0 Å². The number of carboxylic acids is 1. The third-order valence-corrected chi connectivity index (χ3v) is 6.99. The van der Waals surface area contributed by atoms with Crippen molar-refractivity contribution in [2.45, 2.75) is 37.1 Å². The van der Waals surface area contributed by atoms with E-state index in [9.17, 15) is 18.3 Å². The van der Waals surface area contributed by atoms with Gasteiger partial charge in [0.05, 0.1) is 11.6 Å². The molecule has 1 unspecified atom stereocenters. The Bertz CT molecular complexity index is 1120. The number of nitrogens with two attached hydrogens (primary N) is 2. The van der Waals surface area contributed by atoms with Crippen molar-refractivity contribution >= 4 is 49.5 Å². The van der Waals surface area contributed by atoms with Gasteiger partial charge in [0.2, 0.25) is 16.0 Å². The first-order valence-electron chi connectivity index (χ1n) is 10.2. The van der Waals surface area contributed by atoms with E-state index in [0.29, 0.717) is 40.8 Å². The SMILES string of the molecule is CCc1cc(Br)cc(Cl)c1S(=O)(=O)NC(Cc1ccc(OCCCON=C(N)N)cc1)C(=O)O. The number of aryl methyl sites for hydroxylation is 1. The zero-order valence-corrected chi connectivity index (χ0v) is 21.5. The molecule has 0 aliphatic heterocycles. The summed E-state index contributed by atoms with van der Waals surface area (Å²) in [6, 6.07) is 8.37. The van der Waals surface area contributed by atoms with E-state index in [1.54, 1.807) is 37.3 Å². The molecule has 0 heterocycles. The van der Waals surface area contributed by atoms with E-state index in [-0.39, 0.29) is 28.9 Å². The number of ether oxygens (including phenoxy) is 1. The van der Waals surface area contributed by atoms with E-state index in [1.165, 1.54) is 6.07 Å². The number of carboxylic acid groups (broad SMARTS) is 1. The molecule has 2 aromatic rings. The molecule has 0 saturated carbocycles. The second-order valence-electron chi connectivity index (χ2n) is 7.14. The lowest BCUT2D eigenvalue weighted by Gasteiger charge is -2.18. The van der Waals surface area contributed by atoms with Crippen LogP contribution in [-0.4, -0.2) is 44.7 Å². The fourth-order valence-corrected chi connectivity index (χ4v) is 5.72. The minimum Gasteiger partial charge on any atom is -0.493 e. The van der Waals surface area contributed by atoms with Crippen LogP contribution in [0.5, 0.6) is 5.75 Å². The summed E-state index contributed by atoms with van der Waals surface area (Å²) in [7, 11) is -4.19. The monoisotopic (exact) mass is 576 g/mol. The molecular formula is C21H26BrClN4O6S. The Hall–Kier alpha value is -2.54. The number of rotatable bonds is 13. The molecule has 0 aromatic heterocycles. The van der Waals surface area contributed by atoms with Crippen LogP contribution in [0.2, 0.25) is 5.02 Å². The van der Waals surface area contributed by atoms with Gasteiger partial charge in [0.25, 0.3) is 0 Å². The molecule has 0 spiro atoms. The van der Waals surface area contributed by atoms with Gasteiger partial charge in [0.15, 0.2) is 0 Å². The summed E-state index contributed by atoms with van der Waals surface area (Å²) in [4.78, 5) is 16.5. The van der Waals surface area contributed by atoms with Crippen LogP contribution in [0.25, 0.3) is 0 Å². The molecule has 2 rings (SSSR count). The van der Waals surface area contributed by atoms with Gasteiger partial charge in [-0.15, -0.1) is 0 Å². The molecule has 0 bridgehead atoms. The fraction of sp³-hybridized carbons (Fsp3) is 0.333. The molecule has 0 saturated heterocycles. The van der Waals surface area contributed by atoms with Crippen LogP contribution in [0.1, 0.15) is 24.5 Å². The Balaban J connectivity index is 2.04. The number of oxime groups is 1. The largest absolute Gasteiger partial charge is 0.493 e. The number of nitrogens with one attached hydrogen (secondary N) is 1. The minimum absolute atomic E-state index is 0.00747. The molecule has 34 heavy (non-hydrogen) atoms. The highest BCUT2D eigenvalue weighted by atomic mass is 79.9. The van der Waals surface area contributed by atoms with Crippen molar-refractivity contribution in [3.05, 3.63) is 57.0 Å². The second kappa shape index (κ2) is 12.8. The number of hydrogen-bond donors (Lipinski definition) is 4. The van der Waals surface area contributed by atoms with Gasteiger partial charge in [-0.05, 0) is 53.4 Å². The molecule has 13 heteroatoms. The maximum atomic E-state index is 13.0. The summed E-state index contributed by atoms with van der Waals surface area (Å²) >= 11 is 9.47. The molecule has 1 atom stereocenters. The van der Waals surface area contributed by atoms with Gasteiger partial charge < -0.3 is 26.1 Å². The second-order valence-corrected chi connectivity index (χ2v) is 10.1. The smallest absolute Gasteiger partial charge is 0.322 e. The summed E-state index contributed by atoms with van der Waals surface area (Å²) in [5, 5.41) is 13.0. The van der Waals surface area contributed by atoms with E-state index in [4.69, 9.17) is 32.6 Å². The highest BCUT2D eigenvalue weighted by Gasteiger charge is 2.29. The summed E-state index contributed by atoms with van der Waals surface area (Å²) in [6.45, 7) is 2.41. The third kappa shape index (κ3) is 8.35. The quantitative estimate of drug-likeness (QED) is 0.122. The standard InChI is InChI=1S/C21H26BrClN4O6S/c1-2-14-11-15(22)12-17(23)19(14)34(30,31)27-18(20(28)29)10-13-4-6-16(7-5-13)32-8-3-9-33-26-21(24)25/h4-7,11-12,18,27H,2-3,8-10H2,1H3,(H,28,29)(H4,24,25,26). The van der Waals surface area contributed by atoms with Crippen molar-refractivity contribution in [1.29, 1.82) is 0 Å². The van der Waals surface area contributed by atoms with E-state index in [0.717, 1.165) is 0 Å². The minimum atomic E-state index is -4.19. The van der Waals surface area contributed by atoms with Crippen molar-refractivity contribution in [3.63, 3.8) is 0 Å². The van der Waals surface area contributed by atoms with Gasteiger partial charge in [0.1, 0.15) is 23.3 Å². The number of sulfonamides is 1. The number of benzene rings is 2. The van der Waals surface area contributed by atoms with Gasteiger partial charge in [-0.3, -0.25) is 4.79 Å². The molecule has 6 N–H and O–H groups in total. The van der Waals surface area contributed by atoms with Crippen LogP contribution in [0.15, 0.2) is 50.9 Å². The number of guanidine groups is 1. The lowest BCUT2D eigenvalue weighted by Crippen LogP contribution is -2.42. The van der Waals surface area contributed by atoms with Crippen molar-refractivity contribution < 1.29 is 27.9 Å². The van der Waals surface area contributed by atoms with E-state index < -0.39 is 22.0 Å². The topological polar surface area (TPSA) is 166 Å². The summed E-state index contributed by atoms with van der Waals surface area (Å²) in [6.07, 6.45) is 0.867. The maximum Gasteiger partial charge on any atom is 0.322 e. The predicted molar refractivity (Wildman–Crippen MR) is 132 cm³/mol. The fourth-order valence-electron chi connectivity index (χ4n) is 2.99. The van der Waals surface area contributed by atoms with Crippen molar-refractivity contribution in [1.82, 2.24) is 4.72 Å². The van der Waals surface area contributed by atoms with E-state index >= 15 is 0 Å². The van der Waals surface area contributed by atoms with Gasteiger partial charge >= 0.3 is 5.97 Å². The number of halogens is 2. The van der Waals surface area contributed by atoms with Gasteiger partial charge in [-0.1, -0.05) is 46.6 Å². The Kier molecular flexibility index (Phi) is 10.4. The Morgan fingerprint density at radius 1 is 1.24 bits per heavy atom. The Labute approximate surface area is 211 Å². The number of nitrogens with zero attached hydrogens (tertiary/aromatic N) is 1. The molecule has 10 nitrogen and oxygen atoms in total. The molecule has 2 aromatic carbocycles. The Morgan fingerprint density at radius 3 is 2.50 bits per heavy atom. The first-order valence-corrected chi connectivity index (χ1v) is 12.8. The molecule has 0 aliphatic rings. The number of carbonyl (C=O) groups is 1. The Morgan fingerprint density at radius 2 is 1.91 bits per heavy atom. The predicted octanol–water partition coefficient (Wildman–Crippen LogP) is 2.61. The van der Waals surface area contributed by atoms with Crippen LogP contribution in [-0.2, 0) is 32.5 Å². The molecule has 186 valence electrons. The van der Waals surface area contributed by atoms with Crippen LogP contribution in [0, 0.1) is 0 Å². The highest BCUT2D eigenvalue weighted by Crippen LogP contribution is 2.30. The zero-order chi connectivity index (χ0) is 25.3. The third-order valence-electron chi connectivity index (χ3n) is 4.51. The molecular weight excluding hydrogens is 552 g/mol. The average molecular weight is 578 g/mol. The van der Waals surface area contributed by atoms with Crippen LogP contribution >= 0.6 is 27.5 Å². The molecule has 0 fully saturated rings. The highest BCUT2D eigenvalue weighted by molar-refractivity contribution is 9.10. The summed E-state index contributed by atoms with van der Waals surface area (Å²) in [5.74, 6) is -0.910. The van der Waals surface area contributed by atoms with Crippen molar-refractivity contribution in [2.24, 2.45) is 16.6 Å². The normalized spacial score (nSPS) is 12.1. The molecule has 0 aliphatic carbocycles. The van der Waals surface area contributed by atoms with Gasteiger partial charge in [-0.25, -0.2) is 8.42 Å². The lowest BCUT2D eigenvalue weighted by molar-refractivity contribution is -0.138. The van der Waals surface area contributed by atoms with Crippen molar-refractivity contribution in [2.75, 3.05) is 13.2 Å². The number of aliphatic carboxylic acids is 1. The first kappa shape index (κ1) is 27.7. The molecule has 0 radical (unpaired) electrons. The summed E-state index contributed by atoms with van der Waals surface area (Å²) < 4.78 is 34.5. The van der Waals surface area contributed by atoms with E-state index in [2.05, 4.69) is 25.8 Å². The summed E-state index contributed by atoms with van der Waals surface area (Å²) in [5.41, 5.74) is 11.4. The average Bonchev–Trinajstić information content (AvgIpc) is 2.75. The van der Waals surface area contributed by atoms with Gasteiger partial charge in [0, 0.05) is 10.9 Å².